The normalized spacial score (nSPS) is 22.0. The number of hydrogen-bond acceptors (Lipinski definition) is 8. The minimum absolute atomic E-state index is 0.284. The van der Waals surface area contributed by atoms with Crippen LogP contribution in [0.1, 0.15) is 33.3 Å². The zero-order valence-electron chi connectivity index (χ0n) is 25.7. The molecule has 6 atom stereocenters. The van der Waals surface area contributed by atoms with Crippen LogP contribution in [0.5, 0.6) is 0 Å². The van der Waals surface area contributed by atoms with Gasteiger partial charge in [0.15, 0.2) is 0 Å². The number of ether oxygens (including phenoxy) is 5. The van der Waals surface area contributed by atoms with Gasteiger partial charge in [-0.1, -0.05) is 121 Å². The molecule has 46 heavy (non-hydrogen) atoms. The van der Waals surface area contributed by atoms with Crippen LogP contribution in [0, 0.1) is 0 Å². The molecule has 0 saturated carbocycles. The van der Waals surface area contributed by atoms with Crippen molar-refractivity contribution in [1.29, 1.82) is 0 Å². The fourth-order valence-electron chi connectivity index (χ4n) is 5.65. The summed E-state index contributed by atoms with van der Waals surface area (Å²) in [5, 5.41) is 2.70. The molecule has 5 aromatic rings. The van der Waals surface area contributed by atoms with Crippen LogP contribution in [0.15, 0.2) is 133 Å². The van der Waals surface area contributed by atoms with Crippen LogP contribution in [-0.4, -0.2) is 42.1 Å². The SMILES string of the molecule is N[C@H](c1nccs1)[C@@H]1O[C@H](COCc2ccccc2)[C@H](OCc2ccccc2)[C@H](OCc2ccccc2)[C@H]1OCc1ccccc1. The van der Waals surface area contributed by atoms with E-state index in [-0.39, 0.29) is 6.61 Å². The van der Waals surface area contributed by atoms with Crippen molar-refractivity contribution in [2.45, 2.75) is 63.0 Å². The van der Waals surface area contributed by atoms with Crippen molar-refractivity contribution in [3.63, 3.8) is 0 Å². The predicted molar refractivity (Wildman–Crippen MR) is 179 cm³/mol. The summed E-state index contributed by atoms with van der Waals surface area (Å²) in [5.74, 6) is 0. The molecule has 1 aliphatic rings. The fourth-order valence-corrected chi connectivity index (χ4v) is 6.33. The van der Waals surface area contributed by atoms with E-state index in [1.807, 2.05) is 102 Å². The van der Waals surface area contributed by atoms with Crippen molar-refractivity contribution >= 4 is 11.3 Å². The van der Waals surface area contributed by atoms with Crippen LogP contribution in [-0.2, 0) is 50.1 Å². The molecule has 1 fully saturated rings. The topological polar surface area (TPSA) is 85.1 Å². The van der Waals surface area contributed by atoms with Gasteiger partial charge in [-0.05, 0) is 22.3 Å². The van der Waals surface area contributed by atoms with E-state index in [0.717, 1.165) is 27.3 Å². The van der Waals surface area contributed by atoms with E-state index in [4.69, 9.17) is 29.4 Å². The molecular weight excluding hydrogens is 596 g/mol. The Labute approximate surface area is 274 Å². The van der Waals surface area contributed by atoms with Crippen molar-refractivity contribution in [3.05, 3.63) is 160 Å². The number of aromatic nitrogens is 1. The van der Waals surface area contributed by atoms with Gasteiger partial charge in [0, 0.05) is 11.6 Å². The Balaban J connectivity index is 1.32. The lowest BCUT2D eigenvalue weighted by atomic mass is 9.90. The highest BCUT2D eigenvalue weighted by molar-refractivity contribution is 7.09. The van der Waals surface area contributed by atoms with Crippen molar-refractivity contribution in [2.75, 3.05) is 6.61 Å². The first-order valence-corrected chi connectivity index (χ1v) is 16.5. The predicted octanol–water partition coefficient (Wildman–Crippen LogP) is 6.88. The minimum atomic E-state index is -0.572. The zero-order chi connectivity index (χ0) is 31.4. The molecule has 1 aliphatic heterocycles. The largest absolute Gasteiger partial charge is 0.374 e. The summed E-state index contributed by atoms with van der Waals surface area (Å²) in [6.45, 7) is 1.84. The Morgan fingerprint density at radius 2 is 1.07 bits per heavy atom. The molecule has 2 heterocycles. The molecule has 6 rings (SSSR count). The molecule has 1 saturated heterocycles. The summed E-state index contributed by atoms with van der Waals surface area (Å²) in [7, 11) is 0. The number of rotatable bonds is 15. The van der Waals surface area contributed by atoms with Crippen molar-refractivity contribution < 1.29 is 23.7 Å². The average molecular weight is 637 g/mol. The van der Waals surface area contributed by atoms with Crippen LogP contribution in [0.2, 0.25) is 0 Å². The molecule has 0 bridgehead atoms. The molecule has 4 aromatic carbocycles. The average Bonchev–Trinajstić information content (AvgIpc) is 3.66. The van der Waals surface area contributed by atoms with Gasteiger partial charge in [-0.15, -0.1) is 11.3 Å². The monoisotopic (exact) mass is 636 g/mol. The van der Waals surface area contributed by atoms with Gasteiger partial charge >= 0.3 is 0 Å². The van der Waals surface area contributed by atoms with Gasteiger partial charge in [0.05, 0.1) is 39.1 Å². The highest BCUT2D eigenvalue weighted by atomic mass is 32.1. The van der Waals surface area contributed by atoms with E-state index in [1.165, 1.54) is 11.3 Å². The highest BCUT2D eigenvalue weighted by Crippen LogP contribution is 2.36. The second kappa shape index (κ2) is 16.7. The maximum absolute atomic E-state index is 6.94. The first kappa shape index (κ1) is 32.2. The Morgan fingerprint density at radius 1 is 0.609 bits per heavy atom. The van der Waals surface area contributed by atoms with E-state index in [0.29, 0.717) is 26.4 Å². The Bertz CT molecular complexity index is 1540. The smallest absolute Gasteiger partial charge is 0.115 e. The summed E-state index contributed by atoms with van der Waals surface area (Å²) in [6.07, 6.45) is -0.895. The lowest BCUT2D eigenvalue weighted by Gasteiger charge is -2.47. The van der Waals surface area contributed by atoms with E-state index in [9.17, 15) is 0 Å². The van der Waals surface area contributed by atoms with Crippen LogP contribution in [0.3, 0.4) is 0 Å². The van der Waals surface area contributed by atoms with E-state index in [2.05, 4.69) is 29.2 Å². The molecular formula is C38H40N2O5S. The quantitative estimate of drug-likeness (QED) is 0.134. The molecule has 0 aliphatic carbocycles. The van der Waals surface area contributed by atoms with Crippen LogP contribution in [0.4, 0.5) is 0 Å². The molecule has 0 radical (unpaired) electrons. The maximum Gasteiger partial charge on any atom is 0.115 e. The molecule has 238 valence electrons. The third-order valence-electron chi connectivity index (χ3n) is 8.01. The van der Waals surface area contributed by atoms with E-state index in [1.54, 1.807) is 6.20 Å². The van der Waals surface area contributed by atoms with Gasteiger partial charge in [0.25, 0.3) is 0 Å². The number of nitrogens with zero attached hydrogens (tertiary/aromatic N) is 1. The molecule has 0 amide bonds. The van der Waals surface area contributed by atoms with Crippen LogP contribution < -0.4 is 5.73 Å². The third-order valence-corrected chi connectivity index (χ3v) is 8.89. The second-order valence-corrected chi connectivity index (χ2v) is 12.2. The number of thiazole rings is 1. The third kappa shape index (κ3) is 8.74. The summed E-state index contributed by atoms with van der Waals surface area (Å²) in [5.41, 5.74) is 11.2. The van der Waals surface area contributed by atoms with Gasteiger partial charge in [0.2, 0.25) is 0 Å². The van der Waals surface area contributed by atoms with Crippen molar-refractivity contribution in [1.82, 2.24) is 4.98 Å². The summed E-state index contributed by atoms with van der Waals surface area (Å²) >= 11 is 1.50. The Kier molecular flexibility index (Phi) is 11.7. The van der Waals surface area contributed by atoms with Crippen molar-refractivity contribution in [3.8, 4) is 0 Å². The standard InChI is InChI=1S/C38H40N2O5S/c39-33(38-40-21-22-46-38)35-37(44-26-31-19-11-4-12-20-31)36(43-25-30-17-9-3-10-18-30)34(42-24-29-15-7-2-8-16-29)32(45-35)27-41-23-28-13-5-1-6-14-28/h1-22,32-37H,23-27,39H2/t32-,33+,34+,35+,36+,37+/m1/s1. The van der Waals surface area contributed by atoms with Gasteiger partial charge < -0.3 is 29.4 Å². The zero-order valence-corrected chi connectivity index (χ0v) is 26.5. The molecule has 0 unspecified atom stereocenters. The Morgan fingerprint density at radius 3 is 1.54 bits per heavy atom. The highest BCUT2D eigenvalue weighted by Gasteiger charge is 2.50. The summed E-state index contributed by atoms with van der Waals surface area (Å²) in [6, 6.07) is 39.9. The number of hydrogen-bond donors (Lipinski definition) is 1. The first-order chi connectivity index (χ1) is 22.7. The number of benzene rings is 4. The van der Waals surface area contributed by atoms with Gasteiger partial charge in [-0.3, -0.25) is 0 Å². The molecule has 1 aromatic heterocycles. The van der Waals surface area contributed by atoms with Gasteiger partial charge in [-0.2, -0.15) is 0 Å². The molecule has 2 N–H and O–H groups in total. The summed E-state index contributed by atoms with van der Waals surface area (Å²) < 4.78 is 33.4. The molecule has 8 heteroatoms. The molecule has 0 spiro atoms. The van der Waals surface area contributed by atoms with E-state index >= 15 is 0 Å². The lowest BCUT2D eigenvalue weighted by Crippen LogP contribution is -2.63. The first-order valence-electron chi connectivity index (χ1n) is 15.6. The summed E-state index contributed by atoms with van der Waals surface area (Å²) in [4.78, 5) is 4.54. The minimum Gasteiger partial charge on any atom is -0.374 e. The molecule has 7 nitrogen and oxygen atoms in total. The van der Waals surface area contributed by atoms with Crippen LogP contribution in [0.25, 0.3) is 0 Å². The van der Waals surface area contributed by atoms with Gasteiger partial charge in [0.1, 0.15) is 35.5 Å². The fraction of sp³-hybridized carbons (Fsp3) is 0.289. The van der Waals surface area contributed by atoms with Crippen LogP contribution >= 0.6 is 11.3 Å². The second-order valence-electron chi connectivity index (χ2n) is 11.3. The maximum atomic E-state index is 6.94. The number of nitrogens with two attached hydrogens (primary N) is 1. The Hall–Kier alpha value is -3.73. The lowest BCUT2D eigenvalue weighted by molar-refractivity contribution is -0.276. The van der Waals surface area contributed by atoms with E-state index < -0.39 is 36.6 Å². The van der Waals surface area contributed by atoms with Crippen molar-refractivity contribution in [2.24, 2.45) is 5.73 Å². The van der Waals surface area contributed by atoms with Gasteiger partial charge in [-0.25, -0.2) is 4.98 Å².